The lowest BCUT2D eigenvalue weighted by atomic mass is 9.78. The number of anilines is 1. The van der Waals surface area contributed by atoms with Crippen LogP contribution in [0.3, 0.4) is 0 Å². The van der Waals surface area contributed by atoms with Crippen molar-refractivity contribution in [3.8, 4) is 5.75 Å². The normalized spacial score (nSPS) is 24.3. The summed E-state index contributed by atoms with van der Waals surface area (Å²) < 4.78 is 10.5. The predicted octanol–water partition coefficient (Wildman–Crippen LogP) is 3.35. The van der Waals surface area contributed by atoms with Crippen LogP contribution in [-0.4, -0.2) is 25.7 Å². The molecule has 114 valence electrons. The number of hydrogen-bond donors (Lipinski definition) is 1. The van der Waals surface area contributed by atoms with E-state index in [-0.39, 0.29) is 23.8 Å². The Hall–Kier alpha value is -1.97. The fourth-order valence-electron chi connectivity index (χ4n) is 2.86. The zero-order valence-corrected chi connectivity index (χ0v) is 13.1. The minimum atomic E-state index is -0.327. The number of hydrogen-bond acceptors (Lipinski definition) is 4. The fourth-order valence-corrected chi connectivity index (χ4v) is 2.86. The maximum Gasteiger partial charge on any atom is 0.328 e. The van der Waals surface area contributed by atoms with E-state index >= 15 is 0 Å². The first-order valence-electron chi connectivity index (χ1n) is 7.36. The van der Waals surface area contributed by atoms with Crippen molar-refractivity contribution >= 4 is 11.7 Å². The van der Waals surface area contributed by atoms with Crippen molar-refractivity contribution in [3.63, 3.8) is 0 Å². The third kappa shape index (κ3) is 3.04. The Morgan fingerprint density at radius 3 is 2.81 bits per heavy atom. The van der Waals surface area contributed by atoms with E-state index in [1.54, 1.807) is 7.11 Å². The molecule has 1 N–H and O–H groups in total. The number of fused-ring (bicyclic) bond motifs is 1. The molecule has 0 radical (unpaired) electrons. The van der Waals surface area contributed by atoms with Crippen LogP contribution in [0.4, 0.5) is 5.69 Å². The van der Waals surface area contributed by atoms with Crippen LogP contribution in [0.2, 0.25) is 0 Å². The van der Waals surface area contributed by atoms with Crippen LogP contribution in [0.5, 0.6) is 5.75 Å². The molecule has 0 aromatic heterocycles. The number of allylic oxidation sites excluding steroid dienone is 2. The van der Waals surface area contributed by atoms with E-state index < -0.39 is 0 Å². The molecule has 1 aromatic carbocycles. The molecule has 4 nitrogen and oxygen atoms in total. The second-order valence-electron chi connectivity index (χ2n) is 5.24. The van der Waals surface area contributed by atoms with Gasteiger partial charge in [-0.15, -0.1) is 0 Å². The summed E-state index contributed by atoms with van der Waals surface area (Å²) in [4.78, 5) is 12.2. The molecule has 0 fully saturated rings. The van der Waals surface area contributed by atoms with Crippen LogP contribution >= 0.6 is 0 Å². The minimum Gasteiger partial charge on any atom is -0.497 e. The molecule has 0 saturated carbocycles. The second-order valence-corrected chi connectivity index (χ2v) is 5.24. The first-order valence-corrected chi connectivity index (χ1v) is 7.36. The molecular formula is C17H23NO3. The van der Waals surface area contributed by atoms with Gasteiger partial charge in [0.25, 0.3) is 0 Å². The maximum absolute atomic E-state index is 12.2. The van der Waals surface area contributed by atoms with Crippen LogP contribution < -0.4 is 10.1 Å². The van der Waals surface area contributed by atoms with Gasteiger partial charge in [0.2, 0.25) is 0 Å². The minimum absolute atomic E-state index is 0.111. The van der Waals surface area contributed by atoms with Crippen molar-refractivity contribution in [2.45, 2.75) is 32.7 Å². The largest absolute Gasteiger partial charge is 0.497 e. The average Bonchev–Trinajstić information content (AvgIpc) is 2.49. The lowest BCUT2D eigenvalue weighted by molar-refractivity contribution is -0.145. The van der Waals surface area contributed by atoms with Gasteiger partial charge in [-0.1, -0.05) is 19.1 Å². The third-order valence-electron chi connectivity index (χ3n) is 3.96. The van der Waals surface area contributed by atoms with E-state index in [4.69, 9.17) is 9.47 Å². The molecule has 0 spiro atoms. The highest BCUT2D eigenvalue weighted by Gasteiger charge is 2.37. The standard InChI is InChI=1S/C17H23NO3/c1-5-7-13-11(3)16(17(19)21-6-2)18-15-9-8-12(20-4)10-14(13)15/h5,7-11,13,16,18H,6H2,1-4H3/b7-5+/t11-,13+,16+/m0/s1. The monoisotopic (exact) mass is 289 g/mol. The van der Waals surface area contributed by atoms with Crippen molar-refractivity contribution in [2.75, 3.05) is 19.0 Å². The molecule has 1 aliphatic rings. The first kappa shape index (κ1) is 15.4. The van der Waals surface area contributed by atoms with Crippen molar-refractivity contribution in [1.29, 1.82) is 0 Å². The number of carbonyl (C=O) groups is 1. The van der Waals surface area contributed by atoms with E-state index in [1.807, 2.05) is 38.1 Å². The van der Waals surface area contributed by atoms with Gasteiger partial charge in [-0.25, -0.2) is 4.79 Å². The molecule has 4 heteroatoms. The molecule has 0 amide bonds. The van der Waals surface area contributed by atoms with Crippen LogP contribution in [0.1, 0.15) is 32.3 Å². The van der Waals surface area contributed by atoms with Gasteiger partial charge in [0, 0.05) is 11.6 Å². The van der Waals surface area contributed by atoms with Gasteiger partial charge < -0.3 is 14.8 Å². The summed E-state index contributed by atoms with van der Waals surface area (Å²) in [6.45, 7) is 6.29. The number of benzene rings is 1. The molecular weight excluding hydrogens is 266 g/mol. The van der Waals surface area contributed by atoms with Crippen LogP contribution in [0.15, 0.2) is 30.4 Å². The summed E-state index contributed by atoms with van der Waals surface area (Å²) in [6.07, 6.45) is 4.16. The van der Waals surface area contributed by atoms with Crippen molar-refractivity contribution in [2.24, 2.45) is 5.92 Å². The van der Waals surface area contributed by atoms with Gasteiger partial charge >= 0.3 is 5.97 Å². The fraction of sp³-hybridized carbons (Fsp3) is 0.471. The van der Waals surface area contributed by atoms with E-state index in [0.29, 0.717) is 6.61 Å². The molecule has 21 heavy (non-hydrogen) atoms. The number of rotatable bonds is 4. The summed E-state index contributed by atoms with van der Waals surface area (Å²) in [5.74, 6) is 0.906. The van der Waals surface area contributed by atoms with Crippen LogP contribution in [-0.2, 0) is 9.53 Å². The number of esters is 1. The molecule has 1 heterocycles. The van der Waals surface area contributed by atoms with Crippen LogP contribution in [0, 0.1) is 5.92 Å². The Kier molecular flexibility index (Phi) is 4.89. The molecule has 1 aliphatic heterocycles. The summed E-state index contributed by atoms with van der Waals surface area (Å²) in [5.41, 5.74) is 2.12. The Bertz CT molecular complexity index is 539. The zero-order valence-electron chi connectivity index (χ0n) is 13.1. The lowest BCUT2D eigenvalue weighted by Crippen LogP contribution is -2.42. The van der Waals surface area contributed by atoms with E-state index in [0.717, 1.165) is 17.0 Å². The molecule has 0 unspecified atom stereocenters. The SMILES string of the molecule is C/C=C/[C@H]1c2cc(OC)ccc2N[C@@H](C(=O)OCC)[C@H]1C. The Labute approximate surface area is 126 Å². The molecule has 2 rings (SSSR count). The van der Waals surface area contributed by atoms with Gasteiger partial charge in [-0.3, -0.25) is 0 Å². The number of ether oxygens (including phenoxy) is 2. The average molecular weight is 289 g/mol. The Morgan fingerprint density at radius 2 is 2.19 bits per heavy atom. The van der Waals surface area contributed by atoms with Gasteiger partial charge in [-0.2, -0.15) is 0 Å². The van der Waals surface area contributed by atoms with Crippen molar-refractivity contribution in [3.05, 3.63) is 35.9 Å². The van der Waals surface area contributed by atoms with Crippen LogP contribution in [0.25, 0.3) is 0 Å². The topological polar surface area (TPSA) is 47.6 Å². The molecule has 0 bridgehead atoms. The van der Waals surface area contributed by atoms with E-state index in [1.165, 1.54) is 0 Å². The molecule has 1 aromatic rings. The quantitative estimate of drug-likeness (QED) is 0.682. The highest BCUT2D eigenvalue weighted by molar-refractivity contribution is 5.82. The zero-order chi connectivity index (χ0) is 15.4. The second kappa shape index (κ2) is 6.66. The Morgan fingerprint density at radius 1 is 1.43 bits per heavy atom. The van der Waals surface area contributed by atoms with Crippen molar-refractivity contribution in [1.82, 2.24) is 0 Å². The smallest absolute Gasteiger partial charge is 0.328 e. The Balaban J connectivity index is 2.41. The number of nitrogens with one attached hydrogen (secondary N) is 1. The molecule has 3 atom stereocenters. The maximum atomic E-state index is 12.2. The van der Waals surface area contributed by atoms with E-state index in [9.17, 15) is 4.79 Å². The van der Waals surface area contributed by atoms with Gasteiger partial charge in [0.15, 0.2) is 0 Å². The number of carbonyl (C=O) groups excluding carboxylic acids is 1. The van der Waals surface area contributed by atoms with Gasteiger partial charge in [-0.05, 0) is 43.5 Å². The molecule has 0 saturated heterocycles. The number of methoxy groups -OCH3 is 1. The lowest BCUT2D eigenvalue weighted by Gasteiger charge is -2.36. The summed E-state index contributed by atoms with van der Waals surface area (Å²) >= 11 is 0. The molecule has 0 aliphatic carbocycles. The third-order valence-corrected chi connectivity index (χ3v) is 3.96. The first-order chi connectivity index (χ1) is 10.1. The summed E-state index contributed by atoms with van der Waals surface area (Å²) in [6, 6.07) is 5.57. The summed E-state index contributed by atoms with van der Waals surface area (Å²) in [7, 11) is 1.66. The highest BCUT2D eigenvalue weighted by Crippen LogP contribution is 2.41. The van der Waals surface area contributed by atoms with Gasteiger partial charge in [0.05, 0.1) is 13.7 Å². The summed E-state index contributed by atoms with van der Waals surface area (Å²) in [5, 5.41) is 3.31. The predicted molar refractivity (Wildman–Crippen MR) is 83.8 cm³/mol. The van der Waals surface area contributed by atoms with Gasteiger partial charge in [0.1, 0.15) is 11.8 Å². The highest BCUT2D eigenvalue weighted by atomic mass is 16.5. The van der Waals surface area contributed by atoms with Crippen molar-refractivity contribution < 1.29 is 14.3 Å². The van der Waals surface area contributed by atoms with E-state index in [2.05, 4.69) is 18.3 Å².